The predicted molar refractivity (Wildman–Crippen MR) is 104 cm³/mol. The number of carbonyl (C=O) groups excluding carboxylic acids is 1. The van der Waals surface area contributed by atoms with Crippen molar-refractivity contribution >= 4 is 5.91 Å². The zero-order chi connectivity index (χ0) is 18.2. The van der Waals surface area contributed by atoms with Gasteiger partial charge in [0.25, 0.3) is 0 Å². The molecule has 0 saturated carbocycles. The van der Waals surface area contributed by atoms with Gasteiger partial charge in [0.15, 0.2) is 0 Å². The number of benzene rings is 2. The molecule has 1 atom stereocenters. The van der Waals surface area contributed by atoms with Gasteiger partial charge in [-0.25, -0.2) is 0 Å². The second-order valence-corrected chi connectivity index (χ2v) is 6.62. The molecule has 0 unspecified atom stereocenters. The molecule has 0 aliphatic rings. The number of nitrogens with zero attached hydrogens (tertiary/aromatic N) is 1. The highest BCUT2D eigenvalue weighted by Gasteiger charge is 2.18. The average molecular weight is 347 g/mol. The van der Waals surface area contributed by atoms with Crippen molar-refractivity contribution in [3.05, 3.63) is 95.9 Å². The normalized spacial score (nSPS) is 11.9. The van der Waals surface area contributed by atoms with Crippen molar-refractivity contribution in [2.24, 2.45) is 0 Å². The quantitative estimate of drug-likeness (QED) is 0.572. The third kappa shape index (κ3) is 5.09. The minimum absolute atomic E-state index is 0.103. The van der Waals surface area contributed by atoms with E-state index in [4.69, 9.17) is 4.42 Å². The molecule has 0 radical (unpaired) electrons. The van der Waals surface area contributed by atoms with E-state index in [1.165, 1.54) is 5.56 Å². The van der Waals surface area contributed by atoms with E-state index in [2.05, 4.69) is 36.4 Å². The molecule has 1 heterocycles. The smallest absolute Gasteiger partial charge is 0.219 e. The van der Waals surface area contributed by atoms with E-state index in [-0.39, 0.29) is 11.8 Å². The molecule has 0 saturated heterocycles. The minimum Gasteiger partial charge on any atom is -0.469 e. The Hall–Kier alpha value is -2.81. The van der Waals surface area contributed by atoms with Gasteiger partial charge in [0.1, 0.15) is 5.76 Å². The molecule has 0 fully saturated rings. The van der Waals surface area contributed by atoms with E-state index in [0.29, 0.717) is 13.1 Å². The van der Waals surface area contributed by atoms with E-state index < -0.39 is 0 Å². The van der Waals surface area contributed by atoms with Crippen molar-refractivity contribution in [1.82, 2.24) is 4.90 Å². The van der Waals surface area contributed by atoms with Gasteiger partial charge >= 0.3 is 0 Å². The summed E-state index contributed by atoms with van der Waals surface area (Å²) in [6, 6.07) is 24.5. The van der Waals surface area contributed by atoms with Crippen LogP contribution in [0.1, 0.15) is 36.1 Å². The van der Waals surface area contributed by atoms with E-state index >= 15 is 0 Å². The summed E-state index contributed by atoms with van der Waals surface area (Å²) in [6.07, 6.45) is 3.50. The Labute approximate surface area is 155 Å². The average Bonchev–Trinajstić information content (AvgIpc) is 3.20. The molecule has 2 aromatic carbocycles. The third-order valence-corrected chi connectivity index (χ3v) is 4.68. The van der Waals surface area contributed by atoms with E-state index in [9.17, 15) is 4.79 Å². The summed E-state index contributed by atoms with van der Waals surface area (Å²) in [6.45, 7) is 3.00. The van der Waals surface area contributed by atoms with Crippen molar-refractivity contribution in [2.75, 3.05) is 6.54 Å². The maximum absolute atomic E-state index is 12.1. The molecule has 0 N–H and O–H groups in total. The number of amides is 1. The Bertz CT molecular complexity index is 782. The van der Waals surface area contributed by atoms with Crippen molar-refractivity contribution < 1.29 is 9.21 Å². The van der Waals surface area contributed by atoms with Crippen LogP contribution < -0.4 is 0 Å². The number of hydrogen-bond donors (Lipinski definition) is 0. The second-order valence-electron chi connectivity index (χ2n) is 6.62. The number of rotatable bonds is 8. The summed E-state index contributed by atoms with van der Waals surface area (Å²) < 4.78 is 5.68. The van der Waals surface area contributed by atoms with Crippen LogP contribution in [-0.4, -0.2) is 17.4 Å². The molecule has 0 bridgehead atoms. The van der Waals surface area contributed by atoms with Gasteiger partial charge in [-0.3, -0.25) is 4.79 Å². The summed E-state index contributed by atoms with van der Waals surface area (Å²) in [4.78, 5) is 14.0. The highest BCUT2D eigenvalue weighted by atomic mass is 16.3. The van der Waals surface area contributed by atoms with Crippen LogP contribution in [0.5, 0.6) is 0 Å². The zero-order valence-electron chi connectivity index (χ0n) is 15.2. The predicted octanol–water partition coefficient (Wildman–Crippen LogP) is 5.04. The number of furan rings is 1. The third-order valence-electron chi connectivity index (χ3n) is 4.68. The first-order valence-corrected chi connectivity index (χ1v) is 9.09. The Balaban J connectivity index is 1.68. The van der Waals surface area contributed by atoms with Gasteiger partial charge in [0.2, 0.25) is 5.91 Å². The van der Waals surface area contributed by atoms with Gasteiger partial charge in [-0.05, 0) is 36.1 Å². The Kier molecular flexibility index (Phi) is 6.26. The van der Waals surface area contributed by atoms with Gasteiger partial charge in [-0.2, -0.15) is 0 Å². The van der Waals surface area contributed by atoms with Crippen molar-refractivity contribution in [3.63, 3.8) is 0 Å². The molecular weight excluding hydrogens is 322 g/mol. The molecule has 3 aromatic rings. The molecule has 3 heteroatoms. The fourth-order valence-electron chi connectivity index (χ4n) is 3.23. The van der Waals surface area contributed by atoms with Crippen LogP contribution in [-0.2, 0) is 17.8 Å². The van der Waals surface area contributed by atoms with Gasteiger partial charge < -0.3 is 9.32 Å². The molecule has 3 rings (SSSR count). The van der Waals surface area contributed by atoms with Gasteiger partial charge in [0, 0.05) is 25.9 Å². The Morgan fingerprint density at radius 2 is 1.58 bits per heavy atom. The molecule has 134 valence electrons. The van der Waals surface area contributed by atoms with Gasteiger partial charge in [0.05, 0.1) is 6.26 Å². The van der Waals surface area contributed by atoms with Crippen LogP contribution in [0.3, 0.4) is 0 Å². The maximum Gasteiger partial charge on any atom is 0.219 e. The molecule has 0 spiro atoms. The van der Waals surface area contributed by atoms with Crippen molar-refractivity contribution in [2.45, 2.75) is 32.2 Å². The molecule has 0 aliphatic heterocycles. The summed E-state index contributed by atoms with van der Waals surface area (Å²) in [5, 5.41) is 0. The van der Waals surface area contributed by atoms with Crippen molar-refractivity contribution in [3.8, 4) is 0 Å². The van der Waals surface area contributed by atoms with Crippen LogP contribution in [0.15, 0.2) is 83.5 Å². The summed E-state index contributed by atoms with van der Waals surface area (Å²) >= 11 is 0. The first kappa shape index (κ1) is 18.0. The fourth-order valence-corrected chi connectivity index (χ4v) is 3.23. The van der Waals surface area contributed by atoms with Crippen LogP contribution in [0.2, 0.25) is 0 Å². The molecule has 1 amide bonds. The Morgan fingerprint density at radius 1 is 0.923 bits per heavy atom. The van der Waals surface area contributed by atoms with Crippen LogP contribution in [0.25, 0.3) is 0 Å². The summed E-state index contributed by atoms with van der Waals surface area (Å²) in [7, 11) is 0. The molecule has 0 aliphatic carbocycles. The van der Waals surface area contributed by atoms with E-state index in [1.807, 2.05) is 41.3 Å². The standard InChI is InChI=1S/C23H25NO2/c1-19(25)24(18-21-11-6-3-7-12-21)15-14-22(23-13-8-16-26-23)17-20-9-4-2-5-10-20/h2-13,16,22H,14-15,17-18H2,1H3/t22-/m1/s1. The van der Waals surface area contributed by atoms with E-state index in [0.717, 1.165) is 24.2 Å². The molecular formula is C23H25NO2. The first-order valence-electron chi connectivity index (χ1n) is 9.09. The lowest BCUT2D eigenvalue weighted by atomic mass is 9.93. The minimum atomic E-state index is 0.103. The lowest BCUT2D eigenvalue weighted by molar-refractivity contribution is -0.129. The largest absolute Gasteiger partial charge is 0.469 e. The highest BCUT2D eigenvalue weighted by Crippen LogP contribution is 2.25. The van der Waals surface area contributed by atoms with Crippen LogP contribution in [0, 0.1) is 0 Å². The van der Waals surface area contributed by atoms with Crippen molar-refractivity contribution in [1.29, 1.82) is 0 Å². The fraction of sp³-hybridized carbons (Fsp3) is 0.261. The summed E-state index contributed by atoms with van der Waals surface area (Å²) in [5.41, 5.74) is 2.44. The second kappa shape index (κ2) is 9.04. The maximum atomic E-state index is 12.1. The monoisotopic (exact) mass is 347 g/mol. The highest BCUT2D eigenvalue weighted by molar-refractivity contribution is 5.73. The summed E-state index contributed by atoms with van der Waals surface area (Å²) in [5.74, 6) is 1.34. The zero-order valence-corrected chi connectivity index (χ0v) is 15.2. The molecule has 3 nitrogen and oxygen atoms in total. The number of carbonyl (C=O) groups is 1. The topological polar surface area (TPSA) is 33.5 Å². The first-order chi connectivity index (χ1) is 12.7. The molecule has 26 heavy (non-hydrogen) atoms. The van der Waals surface area contributed by atoms with Crippen LogP contribution in [0.4, 0.5) is 0 Å². The van der Waals surface area contributed by atoms with Gasteiger partial charge in [-0.15, -0.1) is 0 Å². The lowest BCUT2D eigenvalue weighted by Crippen LogP contribution is -2.30. The van der Waals surface area contributed by atoms with Crippen LogP contribution >= 0.6 is 0 Å². The Morgan fingerprint density at radius 3 is 2.15 bits per heavy atom. The SMILES string of the molecule is CC(=O)N(CC[C@H](Cc1ccccc1)c1ccco1)Cc1ccccc1. The lowest BCUT2D eigenvalue weighted by Gasteiger charge is -2.24. The van der Waals surface area contributed by atoms with E-state index in [1.54, 1.807) is 13.2 Å². The van der Waals surface area contributed by atoms with Gasteiger partial charge in [-0.1, -0.05) is 60.7 Å². The molecule has 1 aromatic heterocycles. The number of hydrogen-bond acceptors (Lipinski definition) is 2.